The predicted molar refractivity (Wildman–Crippen MR) is 92.5 cm³/mol. The fourth-order valence-electron chi connectivity index (χ4n) is 2.32. The molecule has 5 nitrogen and oxygen atoms in total. The van der Waals surface area contributed by atoms with Gasteiger partial charge in [-0.3, -0.25) is 4.79 Å². The number of carbonyl (C=O) groups is 1. The standard InChI is InChI=1S/C19H19N3O2/c1-21(14-15-24-18-6-3-2-4-7-18)19(23)16-8-10-17(11-9-16)22-13-5-12-20-22/h2-13H,14-15H2,1H3. The van der Waals surface area contributed by atoms with Crippen LogP contribution in [0.1, 0.15) is 10.4 Å². The van der Waals surface area contributed by atoms with Gasteiger partial charge in [-0.1, -0.05) is 18.2 Å². The van der Waals surface area contributed by atoms with Gasteiger partial charge in [-0.15, -0.1) is 0 Å². The van der Waals surface area contributed by atoms with Gasteiger partial charge < -0.3 is 9.64 Å². The topological polar surface area (TPSA) is 47.4 Å². The van der Waals surface area contributed by atoms with E-state index in [-0.39, 0.29) is 5.91 Å². The number of amides is 1. The fourth-order valence-corrected chi connectivity index (χ4v) is 2.32. The molecule has 3 rings (SSSR count). The predicted octanol–water partition coefficient (Wildman–Crippen LogP) is 3.02. The number of hydrogen-bond donors (Lipinski definition) is 0. The van der Waals surface area contributed by atoms with E-state index in [1.54, 1.807) is 22.8 Å². The highest BCUT2D eigenvalue weighted by Crippen LogP contribution is 2.11. The van der Waals surface area contributed by atoms with Crippen LogP contribution in [0.15, 0.2) is 73.1 Å². The molecule has 2 aromatic carbocycles. The van der Waals surface area contributed by atoms with Crippen molar-refractivity contribution >= 4 is 5.91 Å². The molecule has 122 valence electrons. The molecule has 0 radical (unpaired) electrons. The Balaban J connectivity index is 1.55. The molecule has 24 heavy (non-hydrogen) atoms. The van der Waals surface area contributed by atoms with E-state index in [0.29, 0.717) is 18.7 Å². The monoisotopic (exact) mass is 321 g/mol. The van der Waals surface area contributed by atoms with Crippen LogP contribution in [0, 0.1) is 0 Å². The number of carbonyl (C=O) groups excluding carboxylic acids is 1. The van der Waals surface area contributed by atoms with E-state index in [0.717, 1.165) is 11.4 Å². The molecule has 5 heteroatoms. The average Bonchev–Trinajstić information content (AvgIpc) is 3.17. The highest BCUT2D eigenvalue weighted by atomic mass is 16.5. The van der Waals surface area contributed by atoms with Gasteiger partial charge >= 0.3 is 0 Å². The van der Waals surface area contributed by atoms with Crippen LogP contribution in [0.25, 0.3) is 5.69 Å². The minimum absolute atomic E-state index is 0.0290. The Bertz CT molecular complexity index is 768. The number of para-hydroxylation sites is 1. The quantitative estimate of drug-likeness (QED) is 0.701. The summed E-state index contributed by atoms with van der Waals surface area (Å²) in [6, 6.07) is 18.8. The lowest BCUT2D eigenvalue weighted by Gasteiger charge is -2.17. The average molecular weight is 321 g/mol. The van der Waals surface area contributed by atoms with Gasteiger partial charge in [0.15, 0.2) is 0 Å². The molecule has 0 aliphatic heterocycles. The van der Waals surface area contributed by atoms with Crippen LogP contribution in [0.5, 0.6) is 5.75 Å². The summed E-state index contributed by atoms with van der Waals surface area (Å²) >= 11 is 0. The van der Waals surface area contributed by atoms with Crippen molar-refractivity contribution < 1.29 is 9.53 Å². The maximum atomic E-state index is 12.4. The van der Waals surface area contributed by atoms with Crippen LogP contribution in [-0.4, -0.2) is 40.8 Å². The Morgan fingerprint density at radius 2 is 1.83 bits per heavy atom. The summed E-state index contributed by atoms with van der Waals surface area (Å²) in [6.45, 7) is 0.978. The molecule has 0 spiro atoms. The number of aromatic nitrogens is 2. The minimum Gasteiger partial charge on any atom is -0.492 e. The van der Waals surface area contributed by atoms with Crippen molar-refractivity contribution in [1.82, 2.24) is 14.7 Å². The maximum absolute atomic E-state index is 12.4. The smallest absolute Gasteiger partial charge is 0.253 e. The third kappa shape index (κ3) is 3.81. The molecule has 1 amide bonds. The van der Waals surface area contributed by atoms with Gasteiger partial charge in [0, 0.05) is 25.0 Å². The van der Waals surface area contributed by atoms with Gasteiger partial charge in [0.05, 0.1) is 12.2 Å². The van der Waals surface area contributed by atoms with E-state index >= 15 is 0 Å². The van der Waals surface area contributed by atoms with Crippen molar-refractivity contribution in [3.8, 4) is 11.4 Å². The number of likely N-dealkylation sites (N-methyl/N-ethyl adjacent to an activating group) is 1. The Labute approximate surface area is 141 Å². The summed E-state index contributed by atoms with van der Waals surface area (Å²) in [6.07, 6.45) is 3.59. The molecule has 0 atom stereocenters. The van der Waals surface area contributed by atoms with E-state index in [4.69, 9.17) is 4.74 Å². The van der Waals surface area contributed by atoms with Crippen LogP contribution in [0.2, 0.25) is 0 Å². The first-order valence-corrected chi connectivity index (χ1v) is 7.77. The Hall–Kier alpha value is -3.08. The largest absolute Gasteiger partial charge is 0.492 e. The van der Waals surface area contributed by atoms with Gasteiger partial charge in [0.2, 0.25) is 0 Å². The number of ether oxygens (including phenoxy) is 1. The van der Waals surface area contributed by atoms with Gasteiger partial charge in [0.25, 0.3) is 5.91 Å². The molecule has 0 aliphatic rings. The van der Waals surface area contributed by atoms with Crippen molar-refractivity contribution in [2.75, 3.05) is 20.2 Å². The van der Waals surface area contributed by atoms with Crippen LogP contribution < -0.4 is 4.74 Å². The van der Waals surface area contributed by atoms with E-state index in [1.807, 2.05) is 66.9 Å². The highest BCUT2D eigenvalue weighted by Gasteiger charge is 2.11. The van der Waals surface area contributed by atoms with Gasteiger partial charge in [-0.05, 0) is 42.5 Å². The normalized spacial score (nSPS) is 10.4. The maximum Gasteiger partial charge on any atom is 0.253 e. The summed E-state index contributed by atoms with van der Waals surface area (Å²) in [5, 5.41) is 4.17. The third-order valence-corrected chi connectivity index (χ3v) is 3.67. The summed E-state index contributed by atoms with van der Waals surface area (Å²) in [5.41, 5.74) is 1.57. The molecule has 0 saturated carbocycles. The van der Waals surface area contributed by atoms with Crippen molar-refractivity contribution in [3.63, 3.8) is 0 Å². The first kappa shape index (κ1) is 15.8. The number of hydrogen-bond acceptors (Lipinski definition) is 3. The molecular formula is C19H19N3O2. The first-order chi connectivity index (χ1) is 11.7. The van der Waals surface area contributed by atoms with Gasteiger partial charge in [-0.25, -0.2) is 4.68 Å². The summed E-state index contributed by atoms with van der Waals surface area (Å²) in [4.78, 5) is 14.1. The van der Waals surface area contributed by atoms with Crippen LogP contribution in [0.3, 0.4) is 0 Å². The molecule has 1 heterocycles. The van der Waals surface area contributed by atoms with E-state index in [2.05, 4.69) is 5.10 Å². The fraction of sp³-hybridized carbons (Fsp3) is 0.158. The van der Waals surface area contributed by atoms with Crippen LogP contribution in [0.4, 0.5) is 0 Å². The summed E-state index contributed by atoms with van der Waals surface area (Å²) in [7, 11) is 1.78. The highest BCUT2D eigenvalue weighted by molar-refractivity contribution is 5.94. The van der Waals surface area contributed by atoms with Crippen molar-refractivity contribution in [2.24, 2.45) is 0 Å². The zero-order valence-electron chi connectivity index (χ0n) is 13.5. The lowest BCUT2D eigenvalue weighted by Crippen LogP contribution is -2.30. The van der Waals surface area contributed by atoms with Gasteiger partial charge in [0.1, 0.15) is 12.4 Å². The summed E-state index contributed by atoms with van der Waals surface area (Å²) < 4.78 is 7.38. The second kappa shape index (κ2) is 7.46. The number of nitrogens with zero attached hydrogens (tertiary/aromatic N) is 3. The number of rotatable bonds is 6. The molecule has 1 aromatic heterocycles. The Kier molecular flexibility index (Phi) is 4.91. The molecule has 0 aliphatic carbocycles. The SMILES string of the molecule is CN(CCOc1ccccc1)C(=O)c1ccc(-n2cccn2)cc1. The first-order valence-electron chi connectivity index (χ1n) is 7.77. The van der Waals surface area contributed by atoms with Crippen molar-refractivity contribution in [3.05, 3.63) is 78.6 Å². The second-order valence-electron chi connectivity index (χ2n) is 5.39. The molecule has 0 fully saturated rings. The zero-order valence-corrected chi connectivity index (χ0v) is 13.5. The molecule has 0 saturated heterocycles. The summed E-state index contributed by atoms with van der Waals surface area (Å²) in [5.74, 6) is 0.778. The number of benzene rings is 2. The molecule has 0 N–H and O–H groups in total. The molecular weight excluding hydrogens is 302 g/mol. The molecule has 3 aromatic rings. The minimum atomic E-state index is -0.0290. The van der Waals surface area contributed by atoms with Crippen molar-refractivity contribution in [1.29, 1.82) is 0 Å². The second-order valence-corrected chi connectivity index (χ2v) is 5.39. The van der Waals surface area contributed by atoms with Crippen LogP contribution in [-0.2, 0) is 0 Å². The zero-order chi connectivity index (χ0) is 16.8. The van der Waals surface area contributed by atoms with E-state index in [1.165, 1.54) is 0 Å². The lowest BCUT2D eigenvalue weighted by atomic mass is 10.2. The Morgan fingerprint density at radius 1 is 1.08 bits per heavy atom. The third-order valence-electron chi connectivity index (χ3n) is 3.67. The van der Waals surface area contributed by atoms with Crippen molar-refractivity contribution in [2.45, 2.75) is 0 Å². The van der Waals surface area contributed by atoms with E-state index < -0.39 is 0 Å². The van der Waals surface area contributed by atoms with Crippen LogP contribution >= 0.6 is 0 Å². The Morgan fingerprint density at radius 3 is 2.50 bits per heavy atom. The van der Waals surface area contributed by atoms with Gasteiger partial charge in [-0.2, -0.15) is 5.10 Å². The molecule has 0 bridgehead atoms. The lowest BCUT2D eigenvalue weighted by molar-refractivity contribution is 0.0774. The van der Waals surface area contributed by atoms with E-state index in [9.17, 15) is 4.79 Å². The molecule has 0 unspecified atom stereocenters.